The third kappa shape index (κ3) is 2.79. The SMILES string of the molecule is CC1OCCC1Nc1ncc([N+](=O)[O-])cc1C(=O)O. The van der Waals surface area contributed by atoms with Crippen LogP contribution in [0, 0.1) is 10.1 Å². The van der Waals surface area contributed by atoms with Gasteiger partial charge in [-0.2, -0.15) is 0 Å². The van der Waals surface area contributed by atoms with E-state index in [4.69, 9.17) is 9.84 Å². The average molecular weight is 267 g/mol. The van der Waals surface area contributed by atoms with Crippen molar-refractivity contribution in [3.8, 4) is 0 Å². The smallest absolute Gasteiger partial charge is 0.339 e. The molecule has 0 amide bonds. The van der Waals surface area contributed by atoms with Gasteiger partial charge in [0.25, 0.3) is 5.69 Å². The molecule has 0 aromatic carbocycles. The summed E-state index contributed by atoms with van der Waals surface area (Å²) in [5.74, 6) is -1.13. The Labute approximate surface area is 108 Å². The molecular weight excluding hydrogens is 254 g/mol. The quantitative estimate of drug-likeness (QED) is 0.623. The summed E-state index contributed by atoms with van der Waals surface area (Å²) in [7, 11) is 0. The van der Waals surface area contributed by atoms with Gasteiger partial charge in [0.05, 0.1) is 17.1 Å². The number of ether oxygens (including phenoxy) is 1. The fraction of sp³-hybridized carbons (Fsp3) is 0.455. The monoisotopic (exact) mass is 267 g/mol. The number of carbonyl (C=O) groups is 1. The molecule has 2 rings (SSSR count). The van der Waals surface area contributed by atoms with E-state index in [2.05, 4.69) is 10.3 Å². The zero-order chi connectivity index (χ0) is 14.0. The predicted molar refractivity (Wildman–Crippen MR) is 65.3 cm³/mol. The lowest BCUT2D eigenvalue weighted by molar-refractivity contribution is -0.385. The standard InChI is InChI=1S/C11H13N3O5/c1-6-9(2-3-19-6)13-10-8(11(15)16)4-7(5-12-10)14(17)18/h4-6,9H,2-3H2,1H3,(H,12,13)(H,15,16). The third-order valence-electron chi connectivity index (χ3n) is 3.01. The molecule has 2 atom stereocenters. The van der Waals surface area contributed by atoms with Crippen molar-refractivity contribution in [1.82, 2.24) is 4.98 Å². The van der Waals surface area contributed by atoms with Gasteiger partial charge in [0.1, 0.15) is 17.6 Å². The van der Waals surface area contributed by atoms with E-state index in [0.717, 1.165) is 18.7 Å². The fourth-order valence-electron chi connectivity index (χ4n) is 1.93. The number of aromatic carboxylic acids is 1. The lowest BCUT2D eigenvalue weighted by atomic mass is 10.1. The van der Waals surface area contributed by atoms with Crippen LogP contribution in [-0.2, 0) is 4.74 Å². The van der Waals surface area contributed by atoms with Gasteiger partial charge < -0.3 is 15.2 Å². The highest BCUT2D eigenvalue weighted by Gasteiger charge is 2.26. The van der Waals surface area contributed by atoms with Crippen LogP contribution in [0.25, 0.3) is 0 Å². The van der Waals surface area contributed by atoms with Crippen LogP contribution >= 0.6 is 0 Å². The molecule has 2 N–H and O–H groups in total. The Hall–Kier alpha value is -2.22. The zero-order valence-electron chi connectivity index (χ0n) is 10.2. The number of hydrogen-bond acceptors (Lipinski definition) is 6. The first-order valence-corrected chi connectivity index (χ1v) is 5.75. The number of hydrogen-bond donors (Lipinski definition) is 2. The minimum atomic E-state index is -1.26. The van der Waals surface area contributed by atoms with Crippen molar-refractivity contribution < 1.29 is 19.6 Å². The predicted octanol–water partition coefficient (Wildman–Crippen LogP) is 1.28. The first-order valence-electron chi connectivity index (χ1n) is 5.75. The molecule has 0 saturated carbocycles. The molecule has 1 aliphatic rings. The second-order valence-corrected chi connectivity index (χ2v) is 4.27. The number of anilines is 1. The molecular formula is C11H13N3O5. The van der Waals surface area contributed by atoms with Gasteiger partial charge in [0.15, 0.2) is 0 Å². The second kappa shape index (κ2) is 5.19. The van der Waals surface area contributed by atoms with Gasteiger partial charge in [-0.15, -0.1) is 0 Å². The number of nitrogens with zero attached hydrogens (tertiary/aromatic N) is 2. The third-order valence-corrected chi connectivity index (χ3v) is 3.01. The van der Waals surface area contributed by atoms with Crippen LogP contribution in [-0.4, -0.2) is 39.7 Å². The molecule has 8 nitrogen and oxygen atoms in total. The Morgan fingerprint density at radius 2 is 2.42 bits per heavy atom. The summed E-state index contributed by atoms with van der Waals surface area (Å²) < 4.78 is 5.35. The zero-order valence-corrected chi connectivity index (χ0v) is 10.2. The molecule has 1 fully saturated rings. The largest absolute Gasteiger partial charge is 0.478 e. The van der Waals surface area contributed by atoms with Crippen LogP contribution in [0.5, 0.6) is 0 Å². The minimum Gasteiger partial charge on any atom is -0.478 e. The van der Waals surface area contributed by atoms with Gasteiger partial charge in [0, 0.05) is 12.7 Å². The van der Waals surface area contributed by atoms with E-state index in [9.17, 15) is 14.9 Å². The summed E-state index contributed by atoms with van der Waals surface area (Å²) in [6.07, 6.45) is 1.72. The summed E-state index contributed by atoms with van der Waals surface area (Å²) in [6.45, 7) is 2.46. The topological polar surface area (TPSA) is 115 Å². The van der Waals surface area contributed by atoms with Crippen LogP contribution in [0.2, 0.25) is 0 Å². The maximum atomic E-state index is 11.1. The van der Waals surface area contributed by atoms with E-state index in [-0.39, 0.29) is 29.2 Å². The van der Waals surface area contributed by atoms with E-state index in [1.807, 2.05) is 6.92 Å². The molecule has 1 saturated heterocycles. The van der Waals surface area contributed by atoms with Crippen LogP contribution in [0.15, 0.2) is 12.3 Å². The lowest BCUT2D eigenvalue weighted by Crippen LogP contribution is -2.28. The van der Waals surface area contributed by atoms with Crippen molar-refractivity contribution in [2.45, 2.75) is 25.5 Å². The lowest BCUT2D eigenvalue weighted by Gasteiger charge is -2.17. The highest BCUT2D eigenvalue weighted by molar-refractivity contribution is 5.93. The van der Waals surface area contributed by atoms with E-state index < -0.39 is 10.9 Å². The van der Waals surface area contributed by atoms with Crippen molar-refractivity contribution in [3.63, 3.8) is 0 Å². The average Bonchev–Trinajstić information content (AvgIpc) is 2.75. The molecule has 0 bridgehead atoms. The molecule has 0 radical (unpaired) electrons. The van der Waals surface area contributed by atoms with E-state index in [1.165, 1.54) is 0 Å². The Bertz CT molecular complexity index is 519. The maximum Gasteiger partial charge on any atom is 0.339 e. The minimum absolute atomic E-state index is 0.0490. The number of rotatable bonds is 4. The summed E-state index contributed by atoms with van der Waals surface area (Å²) in [5, 5.41) is 22.7. The Balaban J connectivity index is 2.29. The van der Waals surface area contributed by atoms with Crippen LogP contribution < -0.4 is 5.32 Å². The van der Waals surface area contributed by atoms with Crippen LogP contribution in [0.1, 0.15) is 23.7 Å². The van der Waals surface area contributed by atoms with Crippen LogP contribution in [0.4, 0.5) is 11.5 Å². The molecule has 102 valence electrons. The van der Waals surface area contributed by atoms with Gasteiger partial charge in [-0.3, -0.25) is 10.1 Å². The Morgan fingerprint density at radius 1 is 1.68 bits per heavy atom. The highest BCUT2D eigenvalue weighted by atomic mass is 16.6. The molecule has 1 aliphatic heterocycles. The first-order chi connectivity index (χ1) is 8.99. The van der Waals surface area contributed by atoms with E-state index in [1.54, 1.807) is 0 Å². The number of carboxylic acid groups (broad SMARTS) is 1. The number of carboxylic acids is 1. The summed E-state index contributed by atoms with van der Waals surface area (Å²) >= 11 is 0. The number of pyridine rings is 1. The van der Waals surface area contributed by atoms with Crippen LogP contribution in [0.3, 0.4) is 0 Å². The van der Waals surface area contributed by atoms with Crippen molar-refractivity contribution in [2.24, 2.45) is 0 Å². The highest BCUT2D eigenvalue weighted by Crippen LogP contribution is 2.23. The van der Waals surface area contributed by atoms with Gasteiger partial charge in [-0.05, 0) is 13.3 Å². The summed E-state index contributed by atoms with van der Waals surface area (Å²) in [5.41, 5.74) is -0.563. The number of nitro groups is 1. The van der Waals surface area contributed by atoms with Gasteiger partial charge in [0.2, 0.25) is 0 Å². The first kappa shape index (κ1) is 13.2. The normalized spacial score (nSPS) is 22.2. The molecule has 2 unspecified atom stereocenters. The van der Waals surface area contributed by atoms with Crippen molar-refractivity contribution in [2.75, 3.05) is 11.9 Å². The summed E-state index contributed by atoms with van der Waals surface area (Å²) in [6, 6.07) is 0.949. The molecule has 2 heterocycles. The number of nitrogens with one attached hydrogen (secondary N) is 1. The molecule has 8 heteroatoms. The van der Waals surface area contributed by atoms with Gasteiger partial charge in [-0.25, -0.2) is 9.78 Å². The second-order valence-electron chi connectivity index (χ2n) is 4.27. The summed E-state index contributed by atoms with van der Waals surface area (Å²) in [4.78, 5) is 24.9. The van der Waals surface area contributed by atoms with Gasteiger partial charge >= 0.3 is 5.97 Å². The molecule has 19 heavy (non-hydrogen) atoms. The Morgan fingerprint density at radius 3 is 2.95 bits per heavy atom. The van der Waals surface area contributed by atoms with Gasteiger partial charge in [-0.1, -0.05) is 0 Å². The maximum absolute atomic E-state index is 11.1. The molecule has 0 spiro atoms. The van der Waals surface area contributed by atoms with Crippen molar-refractivity contribution >= 4 is 17.5 Å². The fourth-order valence-corrected chi connectivity index (χ4v) is 1.93. The van der Waals surface area contributed by atoms with Crippen molar-refractivity contribution in [3.05, 3.63) is 27.9 Å². The molecule has 1 aromatic rings. The number of aromatic nitrogens is 1. The van der Waals surface area contributed by atoms with E-state index >= 15 is 0 Å². The molecule has 1 aromatic heterocycles. The van der Waals surface area contributed by atoms with E-state index in [0.29, 0.717) is 6.61 Å². The van der Waals surface area contributed by atoms with Crippen molar-refractivity contribution in [1.29, 1.82) is 0 Å². The molecule has 0 aliphatic carbocycles. The Kier molecular flexibility index (Phi) is 3.61.